The number of aliphatic hydroxyl groups excluding tert-OH is 1. The number of nitrogens with zero attached hydrogens (tertiary/aromatic N) is 2. The van der Waals surface area contributed by atoms with Crippen LogP contribution in [0, 0.1) is 17.2 Å². The molecule has 1 amide bonds. The van der Waals surface area contributed by atoms with Gasteiger partial charge in [-0.05, 0) is 98.3 Å². The predicted octanol–water partition coefficient (Wildman–Crippen LogP) is 5.37. The van der Waals surface area contributed by atoms with Crippen molar-refractivity contribution in [1.82, 2.24) is 9.80 Å². The van der Waals surface area contributed by atoms with Crippen molar-refractivity contribution in [3.8, 4) is 16.9 Å². The highest BCUT2D eigenvalue weighted by atomic mass is 19.1. The molecule has 36 heavy (non-hydrogen) atoms. The monoisotopic (exact) mass is 494 g/mol. The van der Waals surface area contributed by atoms with Crippen molar-refractivity contribution in [2.45, 2.75) is 58.0 Å². The highest BCUT2D eigenvalue weighted by Gasteiger charge is 2.34. The Morgan fingerprint density at radius 2 is 1.75 bits per heavy atom. The van der Waals surface area contributed by atoms with E-state index in [1.807, 2.05) is 24.3 Å². The van der Waals surface area contributed by atoms with Gasteiger partial charge in [0.2, 0.25) is 0 Å². The first kappa shape index (κ1) is 25.2. The van der Waals surface area contributed by atoms with E-state index in [0.717, 1.165) is 29.9 Å². The molecule has 2 aromatic rings. The fraction of sp³-hybridized carbons (Fsp3) is 0.567. The van der Waals surface area contributed by atoms with Crippen molar-refractivity contribution in [3.63, 3.8) is 0 Å². The molecule has 3 fully saturated rings. The van der Waals surface area contributed by atoms with E-state index in [0.29, 0.717) is 24.3 Å². The van der Waals surface area contributed by atoms with Crippen LogP contribution in [0.5, 0.6) is 5.75 Å². The van der Waals surface area contributed by atoms with E-state index in [2.05, 4.69) is 11.8 Å². The standard InChI is InChI=1S/C30H39FN2O3/c1-30(13-3-14-30)21-32-16-11-22(12-17-32)20-36-26-8-5-23(6-9-26)24-7-10-27(28(31)18-24)29(35)33-15-2-4-25(34)19-33/h5-10,18,22,25,34H,2-4,11-17,19-21H2,1H3/t25-/m1/s1. The summed E-state index contributed by atoms with van der Waals surface area (Å²) in [5.74, 6) is 0.537. The van der Waals surface area contributed by atoms with Gasteiger partial charge in [-0.3, -0.25) is 4.79 Å². The van der Waals surface area contributed by atoms with E-state index in [9.17, 15) is 14.3 Å². The van der Waals surface area contributed by atoms with Crippen LogP contribution in [0.4, 0.5) is 4.39 Å². The summed E-state index contributed by atoms with van der Waals surface area (Å²) in [5, 5.41) is 9.83. The van der Waals surface area contributed by atoms with Gasteiger partial charge in [-0.25, -0.2) is 4.39 Å². The quantitative estimate of drug-likeness (QED) is 0.562. The third-order valence-electron chi connectivity index (χ3n) is 8.43. The molecule has 0 unspecified atom stereocenters. The van der Waals surface area contributed by atoms with Crippen molar-refractivity contribution in [3.05, 3.63) is 53.8 Å². The number of aliphatic hydroxyl groups is 1. The molecule has 2 aromatic carbocycles. The molecule has 3 aliphatic rings. The lowest BCUT2D eigenvalue weighted by Gasteiger charge is -2.44. The summed E-state index contributed by atoms with van der Waals surface area (Å²) in [5.41, 5.74) is 2.22. The summed E-state index contributed by atoms with van der Waals surface area (Å²) in [7, 11) is 0. The first-order chi connectivity index (χ1) is 17.4. The summed E-state index contributed by atoms with van der Waals surface area (Å²) in [6.07, 6.45) is 7.42. The van der Waals surface area contributed by atoms with Gasteiger partial charge in [0.15, 0.2) is 0 Å². The summed E-state index contributed by atoms with van der Waals surface area (Å²) >= 11 is 0. The minimum Gasteiger partial charge on any atom is -0.493 e. The number of piperidine rings is 2. The molecule has 1 saturated carbocycles. The van der Waals surface area contributed by atoms with E-state index < -0.39 is 11.9 Å². The number of benzene rings is 2. The Morgan fingerprint density at radius 1 is 1.03 bits per heavy atom. The van der Waals surface area contributed by atoms with Crippen molar-refractivity contribution >= 4 is 5.91 Å². The molecular weight excluding hydrogens is 455 g/mol. The van der Waals surface area contributed by atoms with Gasteiger partial charge < -0.3 is 19.6 Å². The Balaban J connectivity index is 1.12. The number of rotatable bonds is 7. The SMILES string of the molecule is CC1(CN2CCC(COc3ccc(-c4ccc(C(=O)N5CCC[C@@H](O)C5)c(F)c4)cc3)CC2)CCC1. The predicted molar refractivity (Wildman–Crippen MR) is 140 cm³/mol. The van der Waals surface area contributed by atoms with E-state index >= 15 is 0 Å². The van der Waals surface area contributed by atoms with Crippen LogP contribution in [-0.2, 0) is 0 Å². The number of carbonyl (C=O) groups excluding carboxylic acids is 1. The molecule has 5 nitrogen and oxygen atoms in total. The average molecular weight is 495 g/mol. The Bertz CT molecular complexity index is 1040. The fourth-order valence-corrected chi connectivity index (χ4v) is 5.92. The minimum absolute atomic E-state index is 0.0562. The highest BCUT2D eigenvalue weighted by Crippen LogP contribution is 2.41. The third-order valence-corrected chi connectivity index (χ3v) is 8.43. The second-order valence-electron chi connectivity index (χ2n) is 11.5. The molecule has 1 aliphatic carbocycles. The van der Waals surface area contributed by atoms with Crippen LogP contribution in [0.3, 0.4) is 0 Å². The topological polar surface area (TPSA) is 53.0 Å². The van der Waals surface area contributed by atoms with E-state index in [1.54, 1.807) is 12.1 Å². The van der Waals surface area contributed by atoms with Crippen LogP contribution in [-0.4, -0.2) is 66.2 Å². The Hall–Kier alpha value is -2.44. The van der Waals surface area contributed by atoms with Crippen LogP contribution in [0.1, 0.15) is 62.2 Å². The molecule has 194 valence electrons. The molecule has 5 rings (SSSR count). The molecule has 1 atom stereocenters. The van der Waals surface area contributed by atoms with Gasteiger partial charge in [0, 0.05) is 19.6 Å². The normalized spacial score (nSPS) is 22.8. The molecule has 0 aromatic heterocycles. The zero-order valence-corrected chi connectivity index (χ0v) is 21.4. The molecule has 0 spiro atoms. The Morgan fingerprint density at radius 3 is 2.39 bits per heavy atom. The summed E-state index contributed by atoms with van der Waals surface area (Å²) in [6.45, 7) is 7.58. The lowest BCUT2D eigenvalue weighted by atomic mass is 9.70. The first-order valence-electron chi connectivity index (χ1n) is 13.6. The molecule has 2 heterocycles. The Labute approximate surface area is 214 Å². The number of likely N-dealkylation sites (tertiary alicyclic amines) is 2. The van der Waals surface area contributed by atoms with Gasteiger partial charge in [0.1, 0.15) is 11.6 Å². The number of carbonyl (C=O) groups is 1. The lowest BCUT2D eigenvalue weighted by molar-refractivity contribution is 0.0470. The first-order valence-corrected chi connectivity index (χ1v) is 13.6. The van der Waals surface area contributed by atoms with Gasteiger partial charge in [-0.2, -0.15) is 0 Å². The van der Waals surface area contributed by atoms with Crippen molar-refractivity contribution in [1.29, 1.82) is 0 Å². The minimum atomic E-state index is -0.532. The zero-order chi connectivity index (χ0) is 25.1. The zero-order valence-electron chi connectivity index (χ0n) is 21.4. The molecule has 0 radical (unpaired) electrons. The number of halogens is 1. The van der Waals surface area contributed by atoms with Crippen LogP contribution < -0.4 is 4.74 Å². The maximum atomic E-state index is 14.8. The van der Waals surface area contributed by atoms with Crippen LogP contribution in [0.2, 0.25) is 0 Å². The number of amides is 1. The van der Waals surface area contributed by atoms with Gasteiger partial charge in [0.05, 0.1) is 18.3 Å². The summed E-state index contributed by atoms with van der Waals surface area (Å²) < 4.78 is 20.9. The fourth-order valence-electron chi connectivity index (χ4n) is 5.92. The van der Waals surface area contributed by atoms with Gasteiger partial charge in [-0.1, -0.05) is 31.5 Å². The van der Waals surface area contributed by atoms with Gasteiger partial charge >= 0.3 is 0 Å². The molecule has 2 saturated heterocycles. The lowest BCUT2D eigenvalue weighted by Crippen LogP contribution is -2.44. The van der Waals surface area contributed by atoms with E-state index in [-0.39, 0.29) is 18.0 Å². The summed E-state index contributed by atoms with van der Waals surface area (Å²) in [6, 6.07) is 12.5. The maximum absolute atomic E-state index is 14.8. The van der Waals surface area contributed by atoms with Gasteiger partial charge in [-0.15, -0.1) is 0 Å². The van der Waals surface area contributed by atoms with E-state index in [4.69, 9.17) is 4.74 Å². The maximum Gasteiger partial charge on any atom is 0.256 e. The van der Waals surface area contributed by atoms with Crippen LogP contribution in [0.15, 0.2) is 42.5 Å². The van der Waals surface area contributed by atoms with Crippen LogP contribution in [0.25, 0.3) is 11.1 Å². The molecular formula is C30H39FN2O3. The molecule has 0 bridgehead atoms. The largest absolute Gasteiger partial charge is 0.493 e. The van der Waals surface area contributed by atoms with Crippen molar-refractivity contribution in [2.75, 3.05) is 39.3 Å². The van der Waals surface area contributed by atoms with Gasteiger partial charge in [0.25, 0.3) is 5.91 Å². The van der Waals surface area contributed by atoms with Crippen molar-refractivity contribution < 1.29 is 19.0 Å². The summed E-state index contributed by atoms with van der Waals surface area (Å²) in [4.78, 5) is 16.9. The average Bonchev–Trinajstić information content (AvgIpc) is 2.87. The molecule has 1 N–H and O–H groups in total. The number of β-amino-alcohol motifs (C(OH)–C–C–N with tert-alkyl or cyclic N) is 1. The second-order valence-corrected chi connectivity index (χ2v) is 11.5. The number of hydrogen-bond acceptors (Lipinski definition) is 4. The number of ether oxygens (including phenoxy) is 1. The smallest absolute Gasteiger partial charge is 0.256 e. The third kappa shape index (κ3) is 5.92. The molecule has 6 heteroatoms. The van der Waals surface area contributed by atoms with Crippen molar-refractivity contribution in [2.24, 2.45) is 11.3 Å². The molecule has 2 aliphatic heterocycles. The van der Waals surface area contributed by atoms with Crippen LogP contribution >= 0.6 is 0 Å². The second kappa shape index (κ2) is 10.9. The number of hydrogen-bond donors (Lipinski definition) is 1. The van der Waals surface area contributed by atoms with E-state index in [1.165, 1.54) is 62.7 Å². The Kier molecular flexibility index (Phi) is 7.63. The highest BCUT2D eigenvalue weighted by molar-refractivity contribution is 5.95.